The zero-order valence-electron chi connectivity index (χ0n) is 10.2. The summed E-state index contributed by atoms with van der Waals surface area (Å²) in [5.41, 5.74) is -1.36. The summed E-state index contributed by atoms with van der Waals surface area (Å²) in [5, 5.41) is 10.6. The Kier molecular flexibility index (Phi) is 4.92. The summed E-state index contributed by atoms with van der Waals surface area (Å²) in [7, 11) is 0. The second-order valence-corrected chi connectivity index (χ2v) is 3.64. The highest BCUT2D eigenvalue weighted by Gasteiger charge is 2.14. The van der Waals surface area contributed by atoms with Crippen LogP contribution in [-0.2, 0) is 20.9 Å². The SMILES string of the molecule is CCOC(=O)CC(=O)Cn1ccc(=O)c([N+](=O)[O-])c1. The first kappa shape index (κ1) is 14.6. The Labute approximate surface area is 107 Å². The number of pyridine rings is 1. The van der Waals surface area contributed by atoms with Crippen molar-refractivity contribution in [3.05, 3.63) is 38.8 Å². The molecule has 8 nitrogen and oxygen atoms in total. The smallest absolute Gasteiger partial charge is 0.332 e. The Morgan fingerprint density at radius 3 is 2.74 bits per heavy atom. The van der Waals surface area contributed by atoms with E-state index in [2.05, 4.69) is 4.74 Å². The van der Waals surface area contributed by atoms with Crippen LogP contribution in [0.2, 0.25) is 0 Å². The number of esters is 1. The summed E-state index contributed by atoms with van der Waals surface area (Å²) in [6.45, 7) is 1.56. The normalized spacial score (nSPS) is 9.95. The van der Waals surface area contributed by atoms with E-state index in [1.807, 2.05) is 0 Å². The summed E-state index contributed by atoms with van der Waals surface area (Å²) in [6, 6.07) is 0.996. The van der Waals surface area contributed by atoms with E-state index in [4.69, 9.17) is 0 Å². The van der Waals surface area contributed by atoms with Crippen molar-refractivity contribution in [3.63, 3.8) is 0 Å². The summed E-state index contributed by atoms with van der Waals surface area (Å²) in [4.78, 5) is 43.4. The van der Waals surface area contributed by atoms with Crippen molar-refractivity contribution >= 4 is 17.4 Å². The zero-order valence-corrected chi connectivity index (χ0v) is 10.2. The number of rotatable bonds is 6. The lowest BCUT2D eigenvalue weighted by molar-refractivity contribution is -0.386. The predicted octanol–water partition coefficient (Wildman–Crippen LogP) is 0.279. The topological polar surface area (TPSA) is 109 Å². The third kappa shape index (κ3) is 4.34. The summed E-state index contributed by atoms with van der Waals surface area (Å²) < 4.78 is 5.79. The number of hydrogen-bond donors (Lipinski definition) is 0. The van der Waals surface area contributed by atoms with Crippen LogP contribution >= 0.6 is 0 Å². The first-order chi connectivity index (χ1) is 8.93. The van der Waals surface area contributed by atoms with Gasteiger partial charge in [-0.25, -0.2) is 0 Å². The van der Waals surface area contributed by atoms with Gasteiger partial charge in [-0.05, 0) is 6.92 Å². The summed E-state index contributed by atoms with van der Waals surface area (Å²) >= 11 is 0. The number of ether oxygens (including phenoxy) is 1. The van der Waals surface area contributed by atoms with Crippen molar-refractivity contribution in [2.24, 2.45) is 0 Å². The van der Waals surface area contributed by atoms with Crippen molar-refractivity contribution in [3.8, 4) is 0 Å². The van der Waals surface area contributed by atoms with E-state index in [0.29, 0.717) is 0 Å². The van der Waals surface area contributed by atoms with Crippen LogP contribution in [0.25, 0.3) is 0 Å². The van der Waals surface area contributed by atoms with Crippen molar-refractivity contribution < 1.29 is 19.2 Å². The molecule has 8 heteroatoms. The third-order valence-corrected chi connectivity index (χ3v) is 2.16. The van der Waals surface area contributed by atoms with E-state index >= 15 is 0 Å². The van der Waals surface area contributed by atoms with Gasteiger partial charge in [-0.3, -0.25) is 24.5 Å². The van der Waals surface area contributed by atoms with Gasteiger partial charge in [-0.1, -0.05) is 0 Å². The van der Waals surface area contributed by atoms with Crippen LogP contribution in [0.15, 0.2) is 23.3 Å². The van der Waals surface area contributed by atoms with Gasteiger partial charge in [0.1, 0.15) is 6.42 Å². The lowest BCUT2D eigenvalue weighted by Gasteiger charge is -2.05. The number of carbonyl (C=O) groups is 2. The molecule has 1 aromatic rings. The fourth-order valence-electron chi connectivity index (χ4n) is 1.38. The molecule has 102 valence electrons. The van der Waals surface area contributed by atoms with Crippen LogP contribution in [0.3, 0.4) is 0 Å². The molecular formula is C11H12N2O6. The van der Waals surface area contributed by atoms with Crippen molar-refractivity contribution in [2.45, 2.75) is 19.9 Å². The lowest BCUT2D eigenvalue weighted by atomic mass is 10.3. The molecule has 1 aromatic heterocycles. The maximum absolute atomic E-state index is 11.5. The van der Waals surface area contributed by atoms with Gasteiger partial charge in [0.2, 0.25) is 0 Å². The van der Waals surface area contributed by atoms with Crippen LogP contribution < -0.4 is 5.43 Å². The molecule has 0 bridgehead atoms. The highest BCUT2D eigenvalue weighted by atomic mass is 16.6. The molecule has 19 heavy (non-hydrogen) atoms. The van der Waals surface area contributed by atoms with Gasteiger partial charge >= 0.3 is 11.7 Å². The van der Waals surface area contributed by atoms with E-state index in [0.717, 1.165) is 12.3 Å². The molecule has 0 aliphatic heterocycles. The van der Waals surface area contributed by atoms with Crippen LogP contribution in [0.4, 0.5) is 5.69 Å². The molecule has 0 atom stereocenters. The molecule has 0 aliphatic rings. The van der Waals surface area contributed by atoms with E-state index < -0.39 is 34.2 Å². The maximum Gasteiger partial charge on any atom is 0.332 e. The van der Waals surface area contributed by atoms with E-state index in [9.17, 15) is 24.5 Å². The minimum absolute atomic E-state index is 0.176. The quantitative estimate of drug-likeness (QED) is 0.317. The van der Waals surface area contributed by atoms with Crippen molar-refractivity contribution in [1.82, 2.24) is 4.57 Å². The second kappa shape index (κ2) is 6.43. The molecule has 0 amide bonds. The van der Waals surface area contributed by atoms with Gasteiger partial charge in [0, 0.05) is 12.3 Å². The molecule has 0 saturated heterocycles. The minimum atomic E-state index is -0.825. The number of nitrogens with zero attached hydrogens (tertiary/aromatic N) is 2. The average molecular weight is 268 g/mol. The molecule has 0 saturated carbocycles. The fraction of sp³-hybridized carbons (Fsp3) is 0.364. The Bertz CT molecular complexity index is 563. The van der Waals surface area contributed by atoms with Gasteiger partial charge in [0.05, 0.1) is 24.3 Å². The molecule has 0 radical (unpaired) electrons. The Morgan fingerprint density at radius 1 is 1.47 bits per heavy atom. The Hall–Kier alpha value is -2.51. The van der Waals surface area contributed by atoms with Gasteiger partial charge in [-0.15, -0.1) is 0 Å². The highest BCUT2D eigenvalue weighted by molar-refractivity contribution is 5.95. The highest BCUT2D eigenvalue weighted by Crippen LogP contribution is 2.03. The largest absolute Gasteiger partial charge is 0.466 e. The number of hydrogen-bond acceptors (Lipinski definition) is 6. The molecule has 0 unspecified atom stereocenters. The number of aromatic nitrogens is 1. The fourth-order valence-corrected chi connectivity index (χ4v) is 1.38. The van der Waals surface area contributed by atoms with E-state index in [-0.39, 0.29) is 13.2 Å². The van der Waals surface area contributed by atoms with Crippen LogP contribution in [-0.4, -0.2) is 27.8 Å². The van der Waals surface area contributed by atoms with Gasteiger partial charge in [0.15, 0.2) is 5.78 Å². The molecule has 0 aromatic carbocycles. The van der Waals surface area contributed by atoms with E-state index in [1.54, 1.807) is 6.92 Å². The Balaban J connectivity index is 2.75. The van der Waals surface area contributed by atoms with Crippen LogP contribution in [0.5, 0.6) is 0 Å². The van der Waals surface area contributed by atoms with Crippen molar-refractivity contribution in [2.75, 3.05) is 6.61 Å². The van der Waals surface area contributed by atoms with Crippen LogP contribution in [0.1, 0.15) is 13.3 Å². The maximum atomic E-state index is 11.5. The van der Waals surface area contributed by atoms with Gasteiger partial charge < -0.3 is 9.30 Å². The monoisotopic (exact) mass is 268 g/mol. The molecule has 0 N–H and O–H groups in total. The number of Topliss-reactive ketones (excluding diaryl/α,β-unsaturated/α-hetero) is 1. The van der Waals surface area contributed by atoms with E-state index in [1.165, 1.54) is 10.8 Å². The van der Waals surface area contributed by atoms with Gasteiger partial charge in [0.25, 0.3) is 5.43 Å². The molecule has 0 spiro atoms. The molecule has 1 rings (SSSR count). The molecule has 0 aliphatic carbocycles. The summed E-state index contributed by atoms with van der Waals surface area (Å²) in [6.07, 6.45) is 1.80. The lowest BCUT2D eigenvalue weighted by Crippen LogP contribution is -2.18. The zero-order chi connectivity index (χ0) is 14.4. The first-order valence-corrected chi connectivity index (χ1v) is 5.46. The number of ketones is 1. The Morgan fingerprint density at radius 2 is 2.16 bits per heavy atom. The van der Waals surface area contributed by atoms with Crippen molar-refractivity contribution in [1.29, 1.82) is 0 Å². The molecular weight excluding hydrogens is 256 g/mol. The number of nitro groups is 1. The standard InChI is InChI=1S/C11H12N2O6/c1-2-19-11(16)5-8(14)6-12-4-3-10(15)9(7-12)13(17)18/h3-4,7H,2,5-6H2,1H3. The second-order valence-electron chi connectivity index (χ2n) is 3.64. The average Bonchev–Trinajstić information content (AvgIpc) is 2.31. The molecule has 0 fully saturated rings. The van der Waals surface area contributed by atoms with Gasteiger partial charge in [-0.2, -0.15) is 0 Å². The first-order valence-electron chi connectivity index (χ1n) is 5.46. The predicted molar refractivity (Wildman–Crippen MR) is 63.6 cm³/mol. The molecule has 1 heterocycles. The summed E-state index contributed by atoms with van der Waals surface area (Å²) in [5.74, 6) is -1.11. The van der Waals surface area contributed by atoms with Crippen LogP contribution in [0, 0.1) is 10.1 Å². The minimum Gasteiger partial charge on any atom is -0.466 e. The number of carbonyl (C=O) groups excluding carboxylic acids is 2. The third-order valence-electron chi connectivity index (χ3n) is 2.16.